The van der Waals surface area contributed by atoms with Crippen molar-refractivity contribution in [3.05, 3.63) is 58.2 Å². The Morgan fingerprint density at radius 1 is 1.13 bits per heavy atom. The van der Waals surface area contributed by atoms with Crippen LogP contribution in [0.3, 0.4) is 0 Å². The van der Waals surface area contributed by atoms with Gasteiger partial charge in [0, 0.05) is 29.1 Å². The van der Waals surface area contributed by atoms with Gasteiger partial charge in [0.15, 0.2) is 5.69 Å². The molecule has 3 rings (SSSR count). The number of nitro groups is 1. The smallest absolute Gasteiger partial charge is 0.258 e. The minimum Gasteiger partial charge on any atom is -0.258 e. The van der Waals surface area contributed by atoms with Crippen molar-refractivity contribution in [2.75, 3.05) is 0 Å². The lowest BCUT2D eigenvalue weighted by Crippen LogP contribution is -2.68. The molecule has 9 nitrogen and oxygen atoms in total. The normalized spacial score (nSPS) is 11.0. The molecule has 0 amide bonds. The highest BCUT2D eigenvalue weighted by atomic mass is 35.7. The standard InChI is InChI=1S/C12H8N3O2S.ClHO4/c16-15(17)10-4-2-9(3-5-10)11-8-18-12-13-6-1-7-14(11)12;2-1(3,4)5/h1-8H;(H,2,3,4,5)/q+1;/p-1. The molecule has 0 radical (unpaired) electrons. The highest BCUT2D eigenvalue weighted by molar-refractivity contribution is 7.14. The van der Waals surface area contributed by atoms with E-state index < -0.39 is 15.2 Å². The molecule has 0 bridgehead atoms. The summed E-state index contributed by atoms with van der Waals surface area (Å²) in [7, 11) is -4.94. The molecule has 0 saturated carbocycles. The first-order valence-electron chi connectivity index (χ1n) is 5.86. The Bertz CT molecular complexity index is 812. The van der Waals surface area contributed by atoms with E-state index in [0.717, 1.165) is 16.2 Å². The lowest BCUT2D eigenvalue weighted by Gasteiger charge is -2.17. The minimum absolute atomic E-state index is 0.0985. The summed E-state index contributed by atoms with van der Waals surface area (Å²) < 4.78 is 35.9. The Morgan fingerprint density at radius 3 is 2.30 bits per heavy atom. The summed E-state index contributed by atoms with van der Waals surface area (Å²) in [4.78, 5) is 15.3. The van der Waals surface area contributed by atoms with E-state index in [4.69, 9.17) is 18.6 Å². The Balaban J connectivity index is 0.000000338. The van der Waals surface area contributed by atoms with Gasteiger partial charge in [0.05, 0.1) is 4.92 Å². The fraction of sp³-hybridized carbons (Fsp3) is 0. The average molecular weight is 358 g/mol. The van der Waals surface area contributed by atoms with Crippen LogP contribution in [-0.2, 0) is 0 Å². The number of aromatic nitrogens is 2. The third kappa shape index (κ3) is 4.89. The second kappa shape index (κ2) is 6.91. The van der Waals surface area contributed by atoms with E-state index in [1.165, 1.54) is 23.5 Å². The molecule has 0 fully saturated rings. The van der Waals surface area contributed by atoms with E-state index in [9.17, 15) is 10.1 Å². The summed E-state index contributed by atoms with van der Waals surface area (Å²) >= 11 is 1.54. The molecule has 0 saturated heterocycles. The number of fused-ring (bicyclic) bond motifs is 1. The second-order valence-electron chi connectivity index (χ2n) is 4.08. The Kier molecular flexibility index (Phi) is 5.15. The largest absolute Gasteiger partial charge is 0.387 e. The third-order valence-corrected chi connectivity index (χ3v) is 3.48. The van der Waals surface area contributed by atoms with E-state index in [-0.39, 0.29) is 5.69 Å². The molecule has 0 spiro atoms. The number of non-ortho nitro benzene ring substituents is 1. The molecule has 11 heteroatoms. The summed E-state index contributed by atoms with van der Waals surface area (Å²) in [6.45, 7) is 0. The molecular formula is C12H8ClN3O6S. The number of halogens is 1. The van der Waals surface area contributed by atoms with Crippen LogP contribution >= 0.6 is 11.3 Å². The van der Waals surface area contributed by atoms with Crippen LogP contribution in [0.15, 0.2) is 48.1 Å². The Morgan fingerprint density at radius 2 is 1.74 bits per heavy atom. The number of hydrogen-bond acceptors (Lipinski definition) is 8. The van der Waals surface area contributed by atoms with Crippen molar-refractivity contribution in [1.29, 1.82) is 0 Å². The zero-order chi connectivity index (χ0) is 17.0. The van der Waals surface area contributed by atoms with Crippen LogP contribution < -0.4 is 23.0 Å². The summed E-state index contributed by atoms with van der Waals surface area (Å²) in [5.41, 5.74) is 2.02. The second-order valence-corrected chi connectivity index (χ2v) is 5.67. The molecule has 1 aromatic carbocycles. The molecule has 120 valence electrons. The first-order chi connectivity index (χ1) is 10.8. The number of rotatable bonds is 2. The molecule has 0 unspecified atom stereocenters. The minimum atomic E-state index is -4.94. The van der Waals surface area contributed by atoms with Crippen LogP contribution in [0.4, 0.5) is 5.69 Å². The molecule has 23 heavy (non-hydrogen) atoms. The van der Waals surface area contributed by atoms with E-state index in [0.29, 0.717) is 0 Å². The van der Waals surface area contributed by atoms with Crippen LogP contribution in [0.5, 0.6) is 0 Å². The van der Waals surface area contributed by atoms with Crippen LogP contribution in [-0.4, -0.2) is 9.91 Å². The first kappa shape index (κ1) is 17.1. The molecule has 2 aromatic heterocycles. The van der Waals surface area contributed by atoms with Gasteiger partial charge in [0.25, 0.3) is 5.69 Å². The van der Waals surface area contributed by atoms with Gasteiger partial charge in [-0.25, -0.2) is 18.6 Å². The van der Waals surface area contributed by atoms with Gasteiger partial charge in [-0.05, 0) is 17.1 Å². The summed E-state index contributed by atoms with van der Waals surface area (Å²) in [5, 5.41) is 12.6. The fourth-order valence-corrected chi connectivity index (χ4v) is 2.62. The van der Waals surface area contributed by atoms with Gasteiger partial charge >= 0.3 is 4.96 Å². The highest BCUT2D eigenvalue weighted by Gasteiger charge is 2.14. The molecule has 0 aliphatic carbocycles. The number of thiazole rings is 1. The van der Waals surface area contributed by atoms with Crippen LogP contribution in [0, 0.1) is 20.4 Å². The van der Waals surface area contributed by atoms with Gasteiger partial charge in [-0.1, -0.05) is 11.3 Å². The van der Waals surface area contributed by atoms with Crippen molar-refractivity contribution in [3.8, 4) is 11.3 Å². The van der Waals surface area contributed by atoms with Crippen LogP contribution in [0.2, 0.25) is 0 Å². The van der Waals surface area contributed by atoms with Gasteiger partial charge < -0.3 is 0 Å². The van der Waals surface area contributed by atoms with E-state index >= 15 is 0 Å². The maximum atomic E-state index is 10.6. The lowest BCUT2D eigenvalue weighted by molar-refractivity contribution is -2.00. The van der Waals surface area contributed by atoms with Crippen molar-refractivity contribution in [1.82, 2.24) is 4.98 Å². The topological polar surface area (TPSA) is 152 Å². The van der Waals surface area contributed by atoms with Crippen LogP contribution in [0.25, 0.3) is 16.2 Å². The lowest BCUT2D eigenvalue weighted by atomic mass is 10.1. The van der Waals surface area contributed by atoms with Crippen molar-refractivity contribution < 1.29 is 38.2 Å². The monoisotopic (exact) mass is 357 g/mol. The van der Waals surface area contributed by atoms with Gasteiger partial charge in [-0.3, -0.25) is 10.1 Å². The SMILES string of the molecule is O=[N+]([O-])c1ccc(-c2csc3nccc[n+]23)cc1.[O-][Cl+3]([O-])([O-])[O-]. The summed E-state index contributed by atoms with van der Waals surface area (Å²) in [6, 6.07) is 8.37. The average Bonchev–Trinajstić information content (AvgIpc) is 2.89. The van der Waals surface area contributed by atoms with Crippen molar-refractivity contribution in [3.63, 3.8) is 0 Å². The van der Waals surface area contributed by atoms with E-state index in [1.807, 2.05) is 22.0 Å². The molecule has 3 aromatic rings. The molecule has 0 aliphatic heterocycles. The quantitative estimate of drug-likeness (QED) is 0.284. The Labute approximate surface area is 135 Å². The van der Waals surface area contributed by atoms with Crippen molar-refractivity contribution >= 4 is 22.0 Å². The predicted molar refractivity (Wildman–Crippen MR) is 67.4 cm³/mol. The number of benzene rings is 1. The molecule has 0 aliphatic rings. The van der Waals surface area contributed by atoms with Gasteiger partial charge in [0.2, 0.25) is 0 Å². The number of nitro benzene ring substituents is 1. The number of hydrogen-bond donors (Lipinski definition) is 0. The third-order valence-electron chi connectivity index (χ3n) is 2.62. The van der Waals surface area contributed by atoms with Crippen LogP contribution in [0.1, 0.15) is 0 Å². The fourth-order valence-electron chi connectivity index (χ4n) is 1.75. The zero-order valence-corrected chi connectivity index (χ0v) is 12.8. The zero-order valence-electron chi connectivity index (χ0n) is 11.2. The van der Waals surface area contributed by atoms with Gasteiger partial charge in [0.1, 0.15) is 12.4 Å². The summed E-state index contributed by atoms with van der Waals surface area (Å²) in [5.74, 6) is 0. The molecular weight excluding hydrogens is 350 g/mol. The van der Waals surface area contributed by atoms with E-state index in [1.54, 1.807) is 18.3 Å². The number of nitrogens with zero attached hydrogens (tertiary/aromatic N) is 3. The Hall–Kier alpha value is -2.21. The summed E-state index contributed by atoms with van der Waals surface area (Å²) in [6.07, 6.45) is 3.67. The molecule has 0 N–H and O–H groups in total. The van der Waals surface area contributed by atoms with Crippen molar-refractivity contribution in [2.45, 2.75) is 0 Å². The van der Waals surface area contributed by atoms with Gasteiger partial charge in [-0.2, -0.15) is 4.40 Å². The maximum absolute atomic E-state index is 10.6. The maximum Gasteiger partial charge on any atom is 0.387 e. The molecule has 0 atom stereocenters. The first-order valence-corrected chi connectivity index (χ1v) is 7.97. The molecule has 2 heterocycles. The van der Waals surface area contributed by atoms with Crippen molar-refractivity contribution in [2.24, 2.45) is 0 Å². The predicted octanol–water partition coefficient (Wildman–Crippen LogP) is -2.30. The highest BCUT2D eigenvalue weighted by Crippen LogP contribution is 2.22. The van der Waals surface area contributed by atoms with E-state index in [2.05, 4.69) is 4.98 Å². The van der Waals surface area contributed by atoms with Gasteiger partial charge in [-0.15, -0.1) is 10.2 Å².